The fourth-order valence-electron chi connectivity index (χ4n) is 2.16. The molecule has 0 amide bonds. The minimum Gasteiger partial charge on any atom is -0.481 e. The number of carboxylic acid groups (broad SMARTS) is 1. The first kappa shape index (κ1) is 13.2. The quantitative estimate of drug-likeness (QED) is 0.626. The minimum absolute atomic E-state index is 0.114. The number of aromatic nitrogens is 1. The second-order valence-electron chi connectivity index (χ2n) is 4.28. The monoisotopic (exact) mass is 267 g/mol. The summed E-state index contributed by atoms with van der Waals surface area (Å²) < 4.78 is 5.17. The Hall–Kier alpha value is -2.22. The van der Waals surface area contributed by atoms with Gasteiger partial charge in [-0.2, -0.15) is 0 Å². The average Bonchev–Trinajstić information content (AvgIpc) is 2.87. The lowest BCUT2D eigenvalue weighted by Gasteiger charge is -2.27. The van der Waals surface area contributed by atoms with Gasteiger partial charge in [-0.25, -0.2) is 0 Å². The van der Waals surface area contributed by atoms with Gasteiger partial charge in [0.05, 0.1) is 24.2 Å². The van der Waals surface area contributed by atoms with Crippen LogP contribution in [0.4, 0.5) is 11.4 Å². The summed E-state index contributed by atoms with van der Waals surface area (Å²) in [5, 5.41) is 20.1. The molecular formula is C11H13N3O5. The van der Waals surface area contributed by atoms with Crippen LogP contribution < -0.4 is 4.90 Å². The number of hydrogen-bond donors (Lipinski definition) is 1. The molecule has 2 unspecified atom stereocenters. The summed E-state index contributed by atoms with van der Waals surface area (Å²) >= 11 is 0. The van der Waals surface area contributed by atoms with E-state index < -0.39 is 22.9 Å². The van der Waals surface area contributed by atoms with Crippen molar-refractivity contribution < 1.29 is 19.6 Å². The van der Waals surface area contributed by atoms with Crippen molar-refractivity contribution in [2.75, 3.05) is 25.2 Å². The lowest BCUT2D eigenvalue weighted by atomic mass is 10.0. The summed E-state index contributed by atoms with van der Waals surface area (Å²) in [7, 11) is 1.62. The van der Waals surface area contributed by atoms with Crippen LogP contribution in [0.1, 0.15) is 0 Å². The SMILES string of the molecule is CN(c1ccncc1[N+](=O)[O-])C1COCC1C(=O)O. The van der Waals surface area contributed by atoms with Gasteiger partial charge in [-0.1, -0.05) is 0 Å². The van der Waals surface area contributed by atoms with Gasteiger partial charge in [-0.05, 0) is 6.07 Å². The predicted octanol–water partition coefficient (Wildman–Crippen LogP) is 0.526. The molecule has 2 atom stereocenters. The highest BCUT2D eigenvalue weighted by atomic mass is 16.6. The molecule has 0 aromatic carbocycles. The number of rotatable bonds is 4. The first-order chi connectivity index (χ1) is 9.02. The lowest BCUT2D eigenvalue weighted by molar-refractivity contribution is -0.384. The molecule has 1 fully saturated rings. The van der Waals surface area contributed by atoms with E-state index >= 15 is 0 Å². The van der Waals surface area contributed by atoms with Gasteiger partial charge in [0.2, 0.25) is 0 Å². The molecule has 1 aliphatic heterocycles. The molecule has 2 heterocycles. The number of carbonyl (C=O) groups is 1. The van der Waals surface area contributed by atoms with Gasteiger partial charge in [0.25, 0.3) is 0 Å². The largest absolute Gasteiger partial charge is 0.481 e. The molecular weight excluding hydrogens is 254 g/mol. The molecule has 2 rings (SSSR count). The number of anilines is 1. The van der Waals surface area contributed by atoms with Crippen LogP contribution >= 0.6 is 0 Å². The zero-order chi connectivity index (χ0) is 14.0. The van der Waals surface area contributed by atoms with Crippen molar-refractivity contribution in [3.05, 3.63) is 28.6 Å². The Morgan fingerprint density at radius 3 is 3.00 bits per heavy atom. The molecule has 1 aromatic heterocycles. The molecule has 0 saturated carbocycles. The molecule has 102 valence electrons. The maximum absolute atomic E-state index is 11.1. The summed E-state index contributed by atoms with van der Waals surface area (Å²) in [6, 6.07) is 1.06. The van der Waals surface area contributed by atoms with Crippen molar-refractivity contribution in [3.63, 3.8) is 0 Å². The molecule has 0 bridgehead atoms. The molecule has 8 heteroatoms. The van der Waals surface area contributed by atoms with E-state index in [1.165, 1.54) is 12.3 Å². The zero-order valence-electron chi connectivity index (χ0n) is 10.2. The summed E-state index contributed by atoms with van der Waals surface area (Å²) in [5.41, 5.74) is 0.183. The second-order valence-corrected chi connectivity index (χ2v) is 4.28. The number of pyridine rings is 1. The topological polar surface area (TPSA) is 106 Å². The van der Waals surface area contributed by atoms with Crippen LogP contribution in [0.25, 0.3) is 0 Å². The third-order valence-corrected chi connectivity index (χ3v) is 3.22. The summed E-state index contributed by atoms with van der Waals surface area (Å²) in [5.74, 6) is -1.66. The highest BCUT2D eigenvalue weighted by molar-refractivity contribution is 5.73. The van der Waals surface area contributed by atoms with E-state index in [-0.39, 0.29) is 18.9 Å². The van der Waals surface area contributed by atoms with E-state index in [0.29, 0.717) is 5.69 Å². The van der Waals surface area contributed by atoms with Crippen molar-refractivity contribution in [1.82, 2.24) is 4.98 Å². The van der Waals surface area contributed by atoms with Crippen LogP contribution in [0.5, 0.6) is 0 Å². The fourth-order valence-corrected chi connectivity index (χ4v) is 2.16. The van der Waals surface area contributed by atoms with Crippen LogP contribution in [0.2, 0.25) is 0 Å². The summed E-state index contributed by atoms with van der Waals surface area (Å²) in [4.78, 5) is 26.8. The van der Waals surface area contributed by atoms with Gasteiger partial charge in [0.15, 0.2) is 0 Å². The van der Waals surface area contributed by atoms with Crippen LogP contribution in [-0.4, -0.2) is 47.3 Å². The molecule has 1 aromatic rings. The van der Waals surface area contributed by atoms with Crippen LogP contribution in [0, 0.1) is 16.0 Å². The lowest BCUT2D eigenvalue weighted by Crippen LogP contribution is -2.41. The molecule has 1 N–H and O–H groups in total. The van der Waals surface area contributed by atoms with Crippen LogP contribution in [0.15, 0.2) is 18.5 Å². The normalized spacial score (nSPS) is 22.2. The first-order valence-electron chi connectivity index (χ1n) is 5.64. The number of likely N-dealkylation sites (N-methyl/N-ethyl adjacent to an activating group) is 1. The molecule has 1 aliphatic rings. The highest BCUT2D eigenvalue weighted by Gasteiger charge is 2.38. The van der Waals surface area contributed by atoms with E-state index in [0.717, 1.165) is 6.20 Å². The minimum atomic E-state index is -0.967. The molecule has 0 radical (unpaired) electrons. The third-order valence-electron chi connectivity index (χ3n) is 3.22. The molecule has 1 saturated heterocycles. The predicted molar refractivity (Wildman–Crippen MR) is 65.0 cm³/mol. The van der Waals surface area contributed by atoms with Gasteiger partial charge in [0.1, 0.15) is 17.8 Å². The second kappa shape index (κ2) is 5.19. The average molecular weight is 267 g/mol. The van der Waals surface area contributed by atoms with Crippen molar-refractivity contribution in [2.45, 2.75) is 6.04 Å². The molecule has 8 nitrogen and oxygen atoms in total. The molecule has 0 spiro atoms. The molecule has 19 heavy (non-hydrogen) atoms. The van der Waals surface area contributed by atoms with E-state index in [2.05, 4.69) is 4.98 Å². The van der Waals surface area contributed by atoms with Crippen molar-refractivity contribution in [3.8, 4) is 0 Å². The Balaban J connectivity index is 2.31. The van der Waals surface area contributed by atoms with Crippen molar-refractivity contribution in [1.29, 1.82) is 0 Å². The zero-order valence-corrected chi connectivity index (χ0v) is 10.2. The maximum Gasteiger partial charge on any atom is 0.311 e. The first-order valence-corrected chi connectivity index (χ1v) is 5.64. The smallest absolute Gasteiger partial charge is 0.311 e. The molecule has 0 aliphatic carbocycles. The Morgan fingerprint density at radius 1 is 1.63 bits per heavy atom. The standard InChI is InChI=1S/C11H13N3O5/c1-13(10-6-19-5-7(10)11(15)16)8-2-3-12-4-9(8)14(17)18/h2-4,7,10H,5-6H2,1H3,(H,15,16). The Bertz CT molecular complexity index is 507. The Labute approximate surface area is 108 Å². The summed E-state index contributed by atoms with van der Waals surface area (Å²) in [6.45, 7) is 0.343. The summed E-state index contributed by atoms with van der Waals surface area (Å²) in [6.07, 6.45) is 2.59. The number of hydrogen-bond acceptors (Lipinski definition) is 6. The third kappa shape index (κ3) is 2.48. The number of carboxylic acids is 1. The van der Waals surface area contributed by atoms with E-state index in [1.807, 2.05) is 0 Å². The Morgan fingerprint density at radius 2 is 2.37 bits per heavy atom. The van der Waals surface area contributed by atoms with Crippen LogP contribution in [-0.2, 0) is 9.53 Å². The number of nitrogens with zero attached hydrogens (tertiary/aromatic N) is 3. The van der Waals surface area contributed by atoms with Crippen molar-refractivity contribution >= 4 is 17.3 Å². The fraction of sp³-hybridized carbons (Fsp3) is 0.455. The van der Waals surface area contributed by atoms with Gasteiger partial charge in [-0.3, -0.25) is 19.9 Å². The maximum atomic E-state index is 11.1. The van der Waals surface area contributed by atoms with E-state index in [1.54, 1.807) is 11.9 Å². The van der Waals surface area contributed by atoms with Crippen molar-refractivity contribution in [2.24, 2.45) is 5.92 Å². The number of aliphatic carboxylic acids is 1. The van der Waals surface area contributed by atoms with Gasteiger partial charge < -0.3 is 14.7 Å². The van der Waals surface area contributed by atoms with E-state index in [9.17, 15) is 14.9 Å². The van der Waals surface area contributed by atoms with E-state index in [4.69, 9.17) is 9.84 Å². The van der Waals surface area contributed by atoms with Crippen LogP contribution in [0.3, 0.4) is 0 Å². The van der Waals surface area contributed by atoms with Gasteiger partial charge in [0, 0.05) is 13.2 Å². The van der Waals surface area contributed by atoms with Gasteiger partial charge >= 0.3 is 11.7 Å². The Kier molecular flexibility index (Phi) is 3.61. The number of nitro groups is 1. The highest BCUT2D eigenvalue weighted by Crippen LogP contribution is 2.30. The number of ether oxygens (including phenoxy) is 1. The van der Waals surface area contributed by atoms with Gasteiger partial charge in [-0.15, -0.1) is 0 Å².